The van der Waals surface area contributed by atoms with Crippen LogP contribution in [0.5, 0.6) is 0 Å². The zero-order valence-corrected chi connectivity index (χ0v) is 12.3. The molecule has 2 aromatic carbocycles. The van der Waals surface area contributed by atoms with E-state index in [1.54, 1.807) is 37.3 Å². The van der Waals surface area contributed by atoms with E-state index in [4.69, 9.17) is 5.26 Å². The predicted molar refractivity (Wildman–Crippen MR) is 86.5 cm³/mol. The second kappa shape index (κ2) is 7.00. The second-order valence-electron chi connectivity index (χ2n) is 4.79. The lowest BCUT2D eigenvalue weighted by Gasteiger charge is -2.07. The molecule has 2 aromatic rings. The molecule has 0 aliphatic carbocycles. The average molecular weight is 307 g/mol. The topological polar surface area (TPSA) is 96.0 Å². The van der Waals surface area contributed by atoms with Gasteiger partial charge in [-0.3, -0.25) is 14.9 Å². The molecule has 114 valence electrons. The van der Waals surface area contributed by atoms with Crippen LogP contribution in [0.25, 0.3) is 6.08 Å². The molecule has 0 saturated carbocycles. The Hall–Kier alpha value is -3.46. The van der Waals surface area contributed by atoms with Gasteiger partial charge in [0, 0.05) is 12.1 Å². The van der Waals surface area contributed by atoms with E-state index < -0.39 is 10.8 Å². The molecule has 1 amide bonds. The Morgan fingerprint density at radius 2 is 1.96 bits per heavy atom. The quantitative estimate of drug-likeness (QED) is 0.405. The van der Waals surface area contributed by atoms with Gasteiger partial charge in [-0.1, -0.05) is 36.4 Å². The van der Waals surface area contributed by atoms with Crippen LogP contribution in [0.15, 0.2) is 54.1 Å². The molecule has 0 fully saturated rings. The van der Waals surface area contributed by atoms with E-state index in [0.29, 0.717) is 11.3 Å². The van der Waals surface area contributed by atoms with Crippen molar-refractivity contribution in [3.05, 3.63) is 75.3 Å². The molecule has 1 N–H and O–H groups in total. The van der Waals surface area contributed by atoms with E-state index in [2.05, 4.69) is 5.32 Å². The molecule has 2 rings (SSSR count). The fourth-order valence-electron chi connectivity index (χ4n) is 1.91. The normalized spacial score (nSPS) is 10.7. The van der Waals surface area contributed by atoms with E-state index in [1.807, 2.05) is 12.1 Å². The number of hydrogen-bond donors (Lipinski definition) is 1. The molecule has 0 spiro atoms. The van der Waals surface area contributed by atoms with Crippen LogP contribution in [0.1, 0.15) is 11.1 Å². The maximum Gasteiger partial charge on any atom is 0.271 e. The summed E-state index contributed by atoms with van der Waals surface area (Å²) in [5.41, 5.74) is 1.48. The van der Waals surface area contributed by atoms with Gasteiger partial charge < -0.3 is 5.32 Å². The summed E-state index contributed by atoms with van der Waals surface area (Å²) in [5.74, 6) is -0.611. The molecule has 0 atom stereocenters. The second-order valence-corrected chi connectivity index (χ2v) is 4.79. The molecule has 0 aromatic heterocycles. The molecule has 6 nitrogen and oxygen atoms in total. The van der Waals surface area contributed by atoms with Crippen molar-refractivity contribution < 1.29 is 9.72 Å². The number of nitrogens with zero attached hydrogens (tertiary/aromatic N) is 2. The Kier molecular flexibility index (Phi) is 4.85. The highest BCUT2D eigenvalue weighted by atomic mass is 16.6. The number of non-ortho nitro benzene ring substituents is 1. The van der Waals surface area contributed by atoms with E-state index in [1.165, 1.54) is 18.2 Å². The summed E-state index contributed by atoms with van der Waals surface area (Å²) in [5, 5.41) is 22.5. The Balaban J connectivity index is 2.27. The van der Waals surface area contributed by atoms with Crippen LogP contribution in [0.4, 0.5) is 11.4 Å². The minimum absolute atomic E-state index is 0.0814. The number of aryl methyl sites for hydroxylation is 1. The van der Waals surface area contributed by atoms with E-state index in [0.717, 1.165) is 5.56 Å². The molecular formula is C17H13N3O3. The number of rotatable bonds is 4. The highest BCUT2D eigenvalue weighted by Crippen LogP contribution is 2.22. The summed E-state index contributed by atoms with van der Waals surface area (Å²) in [7, 11) is 0. The van der Waals surface area contributed by atoms with Gasteiger partial charge in [-0.2, -0.15) is 5.26 Å². The predicted octanol–water partition coefficient (Wildman–Crippen LogP) is 3.45. The molecule has 0 bridgehead atoms. The van der Waals surface area contributed by atoms with Gasteiger partial charge in [0.05, 0.1) is 10.6 Å². The molecule has 23 heavy (non-hydrogen) atoms. The zero-order chi connectivity index (χ0) is 16.8. The molecule has 0 saturated heterocycles. The molecule has 0 aliphatic rings. The lowest BCUT2D eigenvalue weighted by Crippen LogP contribution is -2.14. The lowest BCUT2D eigenvalue weighted by atomic mass is 10.1. The van der Waals surface area contributed by atoms with Crippen molar-refractivity contribution in [2.24, 2.45) is 0 Å². The SMILES string of the molecule is Cc1ccc([N+](=O)[O-])cc1NC(=O)/C(C#N)=C/c1ccccc1. The Bertz CT molecular complexity index is 821. The number of benzene rings is 2. The van der Waals surface area contributed by atoms with Crippen LogP contribution in [0.3, 0.4) is 0 Å². The molecule has 0 heterocycles. The molecular weight excluding hydrogens is 294 g/mol. The van der Waals surface area contributed by atoms with E-state index in [-0.39, 0.29) is 11.3 Å². The van der Waals surface area contributed by atoms with E-state index >= 15 is 0 Å². The van der Waals surface area contributed by atoms with Crippen molar-refractivity contribution in [3.8, 4) is 6.07 Å². The summed E-state index contributed by atoms with van der Waals surface area (Å²) < 4.78 is 0. The molecule has 6 heteroatoms. The van der Waals surface area contributed by atoms with Crippen LogP contribution >= 0.6 is 0 Å². The first-order valence-corrected chi connectivity index (χ1v) is 6.74. The Labute approximate surface area is 132 Å². The van der Waals surface area contributed by atoms with Crippen molar-refractivity contribution >= 4 is 23.4 Å². The number of anilines is 1. The maximum atomic E-state index is 12.2. The number of hydrogen-bond acceptors (Lipinski definition) is 4. The number of amides is 1. The van der Waals surface area contributed by atoms with Crippen molar-refractivity contribution in [1.29, 1.82) is 5.26 Å². The van der Waals surface area contributed by atoms with Gasteiger partial charge in [-0.25, -0.2) is 0 Å². The number of nitro benzene ring substituents is 1. The Morgan fingerprint density at radius 3 is 2.57 bits per heavy atom. The number of carbonyl (C=O) groups excluding carboxylic acids is 1. The summed E-state index contributed by atoms with van der Waals surface area (Å²) >= 11 is 0. The lowest BCUT2D eigenvalue weighted by molar-refractivity contribution is -0.384. The minimum atomic E-state index is -0.611. The molecule has 0 radical (unpaired) electrons. The van der Waals surface area contributed by atoms with Crippen molar-refractivity contribution in [1.82, 2.24) is 0 Å². The number of nitriles is 1. The monoisotopic (exact) mass is 307 g/mol. The van der Waals surface area contributed by atoms with Gasteiger partial charge >= 0.3 is 0 Å². The van der Waals surface area contributed by atoms with Crippen molar-refractivity contribution in [3.63, 3.8) is 0 Å². The molecule has 0 aliphatic heterocycles. The summed E-state index contributed by atoms with van der Waals surface area (Å²) in [4.78, 5) is 22.5. The standard InChI is InChI=1S/C17H13N3O3/c1-12-7-8-15(20(22)23)10-16(12)19-17(21)14(11-18)9-13-5-3-2-4-6-13/h2-10H,1H3,(H,19,21)/b14-9+. The van der Waals surface area contributed by atoms with Crippen LogP contribution in [-0.2, 0) is 4.79 Å². The van der Waals surface area contributed by atoms with E-state index in [9.17, 15) is 14.9 Å². The van der Waals surface area contributed by atoms with Crippen molar-refractivity contribution in [2.45, 2.75) is 6.92 Å². The third-order valence-electron chi connectivity index (χ3n) is 3.16. The first-order valence-electron chi connectivity index (χ1n) is 6.74. The minimum Gasteiger partial charge on any atom is -0.321 e. The smallest absolute Gasteiger partial charge is 0.271 e. The van der Waals surface area contributed by atoms with Gasteiger partial charge in [-0.15, -0.1) is 0 Å². The third kappa shape index (κ3) is 4.02. The van der Waals surface area contributed by atoms with Gasteiger partial charge in [0.1, 0.15) is 11.6 Å². The number of nitro groups is 1. The summed E-state index contributed by atoms with van der Waals surface area (Å²) in [6.45, 7) is 1.71. The van der Waals surface area contributed by atoms with Crippen LogP contribution in [0.2, 0.25) is 0 Å². The van der Waals surface area contributed by atoms with Crippen molar-refractivity contribution in [2.75, 3.05) is 5.32 Å². The van der Waals surface area contributed by atoms with Gasteiger partial charge in [0.25, 0.3) is 11.6 Å². The Morgan fingerprint density at radius 1 is 1.26 bits per heavy atom. The first-order chi connectivity index (χ1) is 11.0. The van der Waals surface area contributed by atoms with Crippen LogP contribution in [-0.4, -0.2) is 10.8 Å². The summed E-state index contributed by atoms with van der Waals surface area (Å²) in [6, 6.07) is 15.0. The van der Waals surface area contributed by atoms with Crippen LogP contribution in [0, 0.1) is 28.4 Å². The largest absolute Gasteiger partial charge is 0.321 e. The summed E-state index contributed by atoms with van der Waals surface area (Å²) in [6.07, 6.45) is 1.46. The average Bonchev–Trinajstić information content (AvgIpc) is 2.55. The van der Waals surface area contributed by atoms with Crippen LogP contribution < -0.4 is 5.32 Å². The molecule has 0 unspecified atom stereocenters. The fourth-order valence-corrected chi connectivity index (χ4v) is 1.91. The van der Waals surface area contributed by atoms with Gasteiger partial charge in [-0.05, 0) is 24.1 Å². The number of nitrogens with one attached hydrogen (secondary N) is 1. The maximum absolute atomic E-state index is 12.2. The first kappa shape index (κ1) is 15.9. The zero-order valence-electron chi connectivity index (χ0n) is 12.3. The third-order valence-corrected chi connectivity index (χ3v) is 3.16. The fraction of sp³-hybridized carbons (Fsp3) is 0.0588. The van der Waals surface area contributed by atoms with Gasteiger partial charge in [0.15, 0.2) is 0 Å². The number of carbonyl (C=O) groups is 1. The van der Waals surface area contributed by atoms with Gasteiger partial charge in [0.2, 0.25) is 0 Å². The highest BCUT2D eigenvalue weighted by molar-refractivity contribution is 6.10. The highest BCUT2D eigenvalue weighted by Gasteiger charge is 2.14.